The van der Waals surface area contributed by atoms with Gasteiger partial charge in [0.25, 0.3) is 5.91 Å². The SMILES string of the molecule is CCC(C)NC(=O)CCNC(=O)c1ccc(O)cc1. The van der Waals surface area contributed by atoms with Crippen LogP contribution in [0.15, 0.2) is 24.3 Å². The third-order valence-electron chi connectivity index (χ3n) is 2.79. The van der Waals surface area contributed by atoms with Crippen molar-refractivity contribution in [3.8, 4) is 5.75 Å². The molecule has 0 spiro atoms. The van der Waals surface area contributed by atoms with Crippen LogP contribution in [0.1, 0.15) is 37.0 Å². The molecule has 1 unspecified atom stereocenters. The van der Waals surface area contributed by atoms with Crippen molar-refractivity contribution in [3.05, 3.63) is 29.8 Å². The fraction of sp³-hybridized carbons (Fsp3) is 0.429. The molecule has 0 aromatic heterocycles. The van der Waals surface area contributed by atoms with Gasteiger partial charge in [-0.15, -0.1) is 0 Å². The van der Waals surface area contributed by atoms with Gasteiger partial charge >= 0.3 is 0 Å². The molecule has 5 heteroatoms. The molecule has 1 aromatic rings. The normalized spacial score (nSPS) is 11.7. The molecule has 0 fully saturated rings. The fourth-order valence-corrected chi connectivity index (χ4v) is 1.45. The third kappa shape index (κ3) is 5.42. The summed E-state index contributed by atoms with van der Waals surface area (Å²) in [7, 11) is 0. The van der Waals surface area contributed by atoms with Gasteiger partial charge in [-0.3, -0.25) is 9.59 Å². The first kappa shape index (κ1) is 15.0. The Morgan fingerprint density at radius 3 is 2.47 bits per heavy atom. The van der Waals surface area contributed by atoms with E-state index in [1.807, 2.05) is 13.8 Å². The van der Waals surface area contributed by atoms with Gasteiger partial charge in [-0.2, -0.15) is 0 Å². The van der Waals surface area contributed by atoms with Crippen LogP contribution < -0.4 is 10.6 Å². The monoisotopic (exact) mass is 264 g/mol. The molecular weight excluding hydrogens is 244 g/mol. The Balaban J connectivity index is 2.31. The lowest BCUT2D eigenvalue weighted by molar-refractivity contribution is -0.121. The first-order valence-corrected chi connectivity index (χ1v) is 6.39. The van der Waals surface area contributed by atoms with E-state index in [0.29, 0.717) is 12.1 Å². The molecule has 0 aliphatic heterocycles. The maximum atomic E-state index is 11.7. The first-order chi connectivity index (χ1) is 9.02. The number of hydrogen-bond acceptors (Lipinski definition) is 3. The Morgan fingerprint density at radius 2 is 1.89 bits per heavy atom. The zero-order valence-corrected chi connectivity index (χ0v) is 11.3. The van der Waals surface area contributed by atoms with E-state index in [2.05, 4.69) is 10.6 Å². The molecule has 104 valence electrons. The van der Waals surface area contributed by atoms with Gasteiger partial charge in [0.05, 0.1) is 0 Å². The second kappa shape index (κ2) is 7.41. The molecule has 3 N–H and O–H groups in total. The van der Waals surface area contributed by atoms with E-state index >= 15 is 0 Å². The largest absolute Gasteiger partial charge is 0.508 e. The minimum absolute atomic E-state index is 0.0691. The van der Waals surface area contributed by atoms with Crippen molar-refractivity contribution in [2.24, 2.45) is 0 Å². The summed E-state index contributed by atoms with van der Waals surface area (Å²) in [5.74, 6) is -0.207. The number of nitrogens with one attached hydrogen (secondary N) is 2. The summed E-state index contributed by atoms with van der Waals surface area (Å²) in [5.41, 5.74) is 0.458. The highest BCUT2D eigenvalue weighted by atomic mass is 16.3. The van der Waals surface area contributed by atoms with Gasteiger partial charge in [-0.05, 0) is 37.6 Å². The number of carbonyl (C=O) groups is 2. The van der Waals surface area contributed by atoms with Crippen molar-refractivity contribution in [1.29, 1.82) is 0 Å². The van der Waals surface area contributed by atoms with E-state index in [1.165, 1.54) is 24.3 Å². The quantitative estimate of drug-likeness (QED) is 0.727. The minimum atomic E-state index is -0.253. The summed E-state index contributed by atoms with van der Waals surface area (Å²) >= 11 is 0. The predicted molar refractivity (Wildman–Crippen MR) is 73.0 cm³/mol. The zero-order valence-electron chi connectivity index (χ0n) is 11.3. The number of benzene rings is 1. The molecule has 1 atom stereocenters. The van der Waals surface area contributed by atoms with Crippen LogP contribution in [0, 0.1) is 0 Å². The zero-order chi connectivity index (χ0) is 14.3. The van der Waals surface area contributed by atoms with Gasteiger partial charge in [0.1, 0.15) is 5.75 Å². The first-order valence-electron chi connectivity index (χ1n) is 6.39. The van der Waals surface area contributed by atoms with Gasteiger partial charge in [-0.1, -0.05) is 6.92 Å². The maximum absolute atomic E-state index is 11.7. The number of carbonyl (C=O) groups excluding carboxylic acids is 2. The van der Waals surface area contributed by atoms with Gasteiger partial charge in [0.2, 0.25) is 5.91 Å². The highest BCUT2D eigenvalue weighted by Gasteiger charge is 2.08. The van der Waals surface area contributed by atoms with E-state index in [4.69, 9.17) is 5.11 Å². The second-order valence-corrected chi connectivity index (χ2v) is 4.43. The lowest BCUT2D eigenvalue weighted by Crippen LogP contribution is -2.35. The van der Waals surface area contributed by atoms with Gasteiger partial charge in [-0.25, -0.2) is 0 Å². The number of rotatable bonds is 6. The van der Waals surface area contributed by atoms with Crippen LogP contribution in [0.3, 0.4) is 0 Å². The van der Waals surface area contributed by atoms with Crippen LogP contribution in [0.25, 0.3) is 0 Å². The summed E-state index contributed by atoms with van der Waals surface area (Å²) in [4.78, 5) is 23.2. The third-order valence-corrected chi connectivity index (χ3v) is 2.79. The Bertz CT molecular complexity index is 429. The highest BCUT2D eigenvalue weighted by Crippen LogP contribution is 2.09. The van der Waals surface area contributed by atoms with Crippen LogP contribution >= 0.6 is 0 Å². The summed E-state index contributed by atoms with van der Waals surface area (Å²) < 4.78 is 0. The van der Waals surface area contributed by atoms with Crippen LogP contribution in [0.4, 0.5) is 0 Å². The number of aromatic hydroxyl groups is 1. The molecule has 0 bridgehead atoms. The van der Waals surface area contributed by atoms with E-state index in [-0.39, 0.29) is 30.0 Å². The van der Waals surface area contributed by atoms with Crippen molar-refractivity contribution in [2.45, 2.75) is 32.7 Å². The molecule has 0 aliphatic rings. The second-order valence-electron chi connectivity index (χ2n) is 4.43. The van der Waals surface area contributed by atoms with Gasteiger partial charge in [0, 0.05) is 24.6 Å². The van der Waals surface area contributed by atoms with E-state index in [1.54, 1.807) is 0 Å². The number of amides is 2. The van der Waals surface area contributed by atoms with Crippen LogP contribution in [0.2, 0.25) is 0 Å². The van der Waals surface area contributed by atoms with Gasteiger partial charge in [0.15, 0.2) is 0 Å². The van der Waals surface area contributed by atoms with Crippen LogP contribution in [-0.2, 0) is 4.79 Å². The molecule has 1 aromatic carbocycles. The molecule has 2 amide bonds. The highest BCUT2D eigenvalue weighted by molar-refractivity contribution is 5.94. The summed E-state index contributed by atoms with van der Waals surface area (Å²) in [6.45, 7) is 4.23. The number of phenols is 1. The lowest BCUT2D eigenvalue weighted by atomic mass is 10.2. The molecule has 0 heterocycles. The number of phenolic OH excluding ortho intramolecular Hbond substituents is 1. The topological polar surface area (TPSA) is 78.4 Å². The summed E-state index contributed by atoms with van der Waals surface area (Å²) in [6, 6.07) is 6.11. The average Bonchev–Trinajstić information content (AvgIpc) is 2.39. The predicted octanol–water partition coefficient (Wildman–Crippen LogP) is 1.43. The van der Waals surface area contributed by atoms with Crippen molar-refractivity contribution in [3.63, 3.8) is 0 Å². The Hall–Kier alpha value is -2.04. The Labute approximate surface area is 113 Å². The van der Waals surface area contributed by atoms with Crippen molar-refractivity contribution in [2.75, 3.05) is 6.54 Å². The summed E-state index contributed by atoms with van der Waals surface area (Å²) in [5, 5.41) is 14.6. The molecule has 5 nitrogen and oxygen atoms in total. The Kier molecular flexibility index (Phi) is 5.85. The molecule has 0 saturated heterocycles. The Morgan fingerprint density at radius 1 is 1.26 bits per heavy atom. The fourth-order valence-electron chi connectivity index (χ4n) is 1.45. The van der Waals surface area contributed by atoms with Gasteiger partial charge < -0.3 is 15.7 Å². The van der Waals surface area contributed by atoms with E-state index < -0.39 is 0 Å². The molecule has 0 saturated carbocycles. The smallest absolute Gasteiger partial charge is 0.251 e. The van der Waals surface area contributed by atoms with Crippen LogP contribution in [0.5, 0.6) is 5.75 Å². The lowest BCUT2D eigenvalue weighted by Gasteiger charge is -2.11. The minimum Gasteiger partial charge on any atom is -0.508 e. The average molecular weight is 264 g/mol. The van der Waals surface area contributed by atoms with E-state index in [9.17, 15) is 9.59 Å². The van der Waals surface area contributed by atoms with Crippen molar-refractivity contribution in [1.82, 2.24) is 10.6 Å². The molecule has 0 radical (unpaired) electrons. The molecule has 1 rings (SSSR count). The maximum Gasteiger partial charge on any atom is 0.251 e. The summed E-state index contributed by atoms with van der Waals surface area (Å²) in [6.07, 6.45) is 1.14. The van der Waals surface area contributed by atoms with Crippen molar-refractivity contribution < 1.29 is 14.7 Å². The van der Waals surface area contributed by atoms with Crippen molar-refractivity contribution >= 4 is 11.8 Å². The van der Waals surface area contributed by atoms with E-state index in [0.717, 1.165) is 6.42 Å². The molecular formula is C14H20N2O3. The molecule has 0 aliphatic carbocycles. The standard InChI is InChI=1S/C14H20N2O3/c1-3-10(2)16-13(18)8-9-15-14(19)11-4-6-12(17)7-5-11/h4-7,10,17H,3,8-9H2,1-2H3,(H,15,19)(H,16,18). The molecule has 19 heavy (non-hydrogen) atoms. The number of hydrogen-bond donors (Lipinski definition) is 3. The van der Waals surface area contributed by atoms with Crippen LogP contribution in [-0.4, -0.2) is 29.5 Å².